The van der Waals surface area contributed by atoms with Gasteiger partial charge in [-0.05, 0) is 32.4 Å². The quantitative estimate of drug-likeness (QED) is 0.827. The van der Waals surface area contributed by atoms with E-state index < -0.39 is 0 Å². The molecule has 0 unspecified atom stereocenters. The van der Waals surface area contributed by atoms with E-state index in [4.69, 9.17) is 21.4 Å². The van der Waals surface area contributed by atoms with Crippen LogP contribution in [0.2, 0.25) is 5.28 Å². The van der Waals surface area contributed by atoms with Crippen LogP contribution in [0.4, 0.5) is 5.95 Å². The lowest BCUT2D eigenvalue weighted by atomic mass is 10.5. The first-order valence-corrected chi connectivity index (χ1v) is 5.88. The Hall–Kier alpha value is -1.14. The van der Waals surface area contributed by atoms with Crippen molar-refractivity contribution in [1.29, 1.82) is 0 Å². The van der Waals surface area contributed by atoms with Gasteiger partial charge in [0.1, 0.15) is 0 Å². The third-order valence-electron chi connectivity index (χ3n) is 1.95. The van der Waals surface area contributed by atoms with Crippen molar-refractivity contribution in [1.82, 2.24) is 15.0 Å². The van der Waals surface area contributed by atoms with Gasteiger partial charge in [-0.1, -0.05) is 0 Å². The molecule has 0 aromatic carbocycles. The molecule has 96 valence electrons. The standard InChI is InChI=1S/C10H17ClN4O2/c1-4-15(5-6-16)9-12-8(11)13-10(14-9)17-7(2)3/h7,16H,4-6H2,1-3H3. The number of halogens is 1. The molecule has 0 aliphatic carbocycles. The van der Waals surface area contributed by atoms with Crippen molar-refractivity contribution < 1.29 is 9.84 Å². The number of nitrogens with zero attached hydrogens (tertiary/aromatic N) is 4. The predicted octanol–water partition coefficient (Wildman–Crippen LogP) is 1.13. The van der Waals surface area contributed by atoms with Crippen molar-refractivity contribution in [3.8, 4) is 6.01 Å². The molecular weight excluding hydrogens is 244 g/mol. The first-order chi connectivity index (χ1) is 8.06. The molecule has 1 aromatic heterocycles. The van der Waals surface area contributed by atoms with E-state index in [9.17, 15) is 0 Å². The smallest absolute Gasteiger partial charge is 0.322 e. The number of anilines is 1. The average molecular weight is 261 g/mol. The van der Waals surface area contributed by atoms with E-state index in [1.807, 2.05) is 20.8 Å². The van der Waals surface area contributed by atoms with E-state index in [0.717, 1.165) is 0 Å². The summed E-state index contributed by atoms with van der Waals surface area (Å²) in [6.45, 7) is 6.83. The minimum absolute atomic E-state index is 0.0253. The van der Waals surface area contributed by atoms with E-state index in [2.05, 4.69) is 15.0 Å². The topological polar surface area (TPSA) is 71.4 Å². The average Bonchev–Trinajstić information content (AvgIpc) is 2.23. The lowest BCUT2D eigenvalue weighted by molar-refractivity contribution is 0.221. The second kappa shape index (κ2) is 6.56. The zero-order chi connectivity index (χ0) is 12.8. The van der Waals surface area contributed by atoms with Gasteiger partial charge in [-0.3, -0.25) is 0 Å². The van der Waals surface area contributed by atoms with Gasteiger partial charge < -0.3 is 14.7 Å². The van der Waals surface area contributed by atoms with Crippen LogP contribution in [-0.4, -0.2) is 45.9 Å². The zero-order valence-corrected chi connectivity index (χ0v) is 11.0. The van der Waals surface area contributed by atoms with Gasteiger partial charge in [0.05, 0.1) is 12.7 Å². The Morgan fingerprint density at radius 1 is 1.35 bits per heavy atom. The summed E-state index contributed by atoms with van der Waals surface area (Å²) < 4.78 is 5.37. The molecule has 0 bridgehead atoms. The summed E-state index contributed by atoms with van der Waals surface area (Å²) in [5.41, 5.74) is 0. The number of likely N-dealkylation sites (N-methyl/N-ethyl adjacent to an activating group) is 1. The third kappa shape index (κ3) is 4.32. The lowest BCUT2D eigenvalue weighted by Crippen LogP contribution is -2.28. The zero-order valence-electron chi connectivity index (χ0n) is 10.2. The van der Waals surface area contributed by atoms with Gasteiger partial charge in [-0.15, -0.1) is 0 Å². The molecule has 0 atom stereocenters. The van der Waals surface area contributed by atoms with E-state index in [-0.39, 0.29) is 24.0 Å². The maximum atomic E-state index is 8.94. The molecule has 1 aromatic rings. The lowest BCUT2D eigenvalue weighted by Gasteiger charge is -2.19. The SMILES string of the molecule is CCN(CCO)c1nc(Cl)nc(OC(C)C)n1. The highest BCUT2D eigenvalue weighted by molar-refractivity contribution is 6.28. The Morgan fingerprint density at radius 2 is 2.06 bits per heavy atom. The van der Waals surface area contributed by atoms with Crippen molar-refractivity contribution >= 4 is 17.5 Å². The normalized spacial score (nSPS) is 10.7. The van der Waals surface area contributed by atoms with E-state index >= 15 is 0 Å². The van der Waals surface area contributed by atoms with Crippen LogP contribution in [0, 0.1) is 0 Å². The molecule has 6 nitrogen and oxygen atoms in total. The Labute approximate surface area is 106 Å². The fourth-order valence-electron chi connectivity index (χ4n) is 1.25. The number of hydrogen-bond donors (Lipinski definition) is 1. The molecule has 0 amide bonds. The van der Waals surface area contributed by atoms with Gasteiger partial charge in [0.2, 0.25) is 11.2 Å². The van der Waals surface area contributed by atoms with Gasteiger partial charge in [0, 0.05) is 13.1 Å². The number of aliphatic hydroxyl groups excluding tert-OH is 1. The van der Waals surface area contributed by atoms with Crippen LogP contribution < -0.4 is 9.64 Å². The van der Waals surface area contributed by atoms with Crippen molar-refractivity contribution in [3.05, 3.63) is 5.28 Å². The highest BCUT2D eigenvalue weighted by Gasteiger charge is 2.12. The Bertz CT molecular complexity index is 362. The molecule has 1 heterocycles. The fraction of sp³-hybridized carbons (Fsp3) is 0.700. The van der Waals surface area contributed by atoms with Crippen molar-refractivity contribution in [2.75, 3.05) is 24.6 Å². The molecular formula is C10H17ClN4O2. The minimum Gasteiger partial charge on any atom is -0.461 e. The molecule has 0 aliphatic rings. The van der Waals surface area contributed by atoms with Crippen LogP contribution in [0.25, 0.3) is 0 Å². The molecule has 7 heteroatoms. The second-order valence-corrected chi connectivity index (χ2v) is 3.99. The summed E-state index contributed by atoms with van der Waals surface area (Å²) in [6.07, 6.45) is -0.0331. The van der Waals surface area contributed by atoms with E-state index in [1.165, 1.54) is 0 Å². The fourth-order valence-corrected chi connectivity index (χ4v) is 1.40. The molecule has 0 saturated heterocycles. The van der Waals surface area contributed by atoms with Crippen LogP contribution in [0.5, 0.6) is 6.01 Å². The number of ether oxygens (including phenoxy) is 1. The first kappa shape index (κ1) is 13.9. The summed E-state index contributed by atoms with van der Waals surface area (Å²) in [6, 6.07) is 0.200. The highest BCUT2D eigenvalue weighted by atomic mass is 35.5. The molecule has 0 fully saturated rings. The molecule has 1 rings (SSSR count). The van der Waals surface area contributed by atoms with Gasteiger partial charge in [-0.25, -0.2) is 0 Å². The van der Waals surface area contributed by atoms with Gasteiger partial charge >= 0.3 is 6.01 Å². The highest BCUT2D eigenvalue weighted by Crippen LogP contribution is 2.15. The Morgan fingerprint density at radius 3 is 2.59 bits per heavy atom. The van der Waals surface area contributed by atoms with E-state index in [0.29, 0.717) is 19.0 Å². The van der Waals surface area contributed by atoms with Crippen LogP contribution in [-0.2, 0) is 0 Å². The molecule has 17 heavy (non-hydrogen) atoms. The Balaban J connectivity index is 2.94. The maximum Gasteiger partial charge on any atom is 0.322 e. The first-order valence-electron chi connectivity index (χ1n) is 5.50. The Kier molecular flexibility index (Phi) is 5.37. The molecule has 0 radical (unpaired) electrons. The number of aliphatic hydroxyl groups is 1. The summed E-state index contributed by atoms with van der Waals surface area (Å²) in [7, 11) is 0. The summed E-state index contributed by atoms with van der Waals surface area (Å²) in [5, 5.41) is 9.02. The van der Waals surface area contributed by atoms with Gasteiger partial charge in [-0.2, -0.15) is 15.0 Å². The third-order valence-corrected chi connectivity index (χ3v) is 2.12. The number of rotatable bonds is 6. The molecule has 1 N–H and O–H groups in total. The minimum atomic E-state index is -0.0331. The monoisotopic (exact) mass is 260 g/mol. The molecule has 0 saturated carbocycles. The molecule has 0 aliphatic heterocycles. The van der Waals surface area contributed by atoms with Crippen LogP contribution in [0.15, 0.2) is 0 Å². The summed E-state index contributed by atoms with van der Waals surface area (Å²) in [5.74, 6) is 0.414. The van der Waals surface area contributed by atoms with Crippen LogP contribution in [0.1, 0.15) is 20.8 Å². The largest absolute Gasteiger partial charge is 0.461 e. The maximum absolute atomic E-state index is 8.94. The van der Waals surface area contributed by atoms with Gasteiger partial charge in [0.15, 0.2) is 0 Å². The predicted molar refractivity (Wildman–Crippen MR) is 65.6 cm³/mol. The van der Waals surface area contributed by atoms with Crippen molar-refractivity contribution in [2.45, 2.75) is 26.9 Å². The summed E-state index contributed by atoms with van der Waals surface area (Å²) in [4.78, 5) is 13.8. The van der Waals surface area contributed by atoms with Crippen LogP contribution >= 0.6 is 11.6 Å². The number of aromatic nitrogens is 3. The van der Waals surface area contributed by atoms with Crippen molar-refractivity contribution in [3.63, 3.8) is 0 Å². The van der Waals surface area contributed by atoms with Crippen LogP contribution in [0.3, 0.4) is 0 Å². The van der Waals surface area contributed by atoms with Crippen molar-refractivity contribution in [2.24, 2.45) is 0 Å². The molecule has 0 spiro atoms. The van der Waals surface area contributed by atoms with E-state index in [1.54, 1.807) is 4.90 Å². The number of hydrogen-bond acceptors (Lipinski definition) is 6. The second-order valence-electron chi connectivity index (χ2n) is 3.66. The summed E-state index contributed by atoms with van der Waals surface area (Å²) >= 11 is 5.80. The van der Waals surface area contributed by atoms with Gasteiger partial charge in [0.25, 0.3) is 0 Å².